The molecule has 2 heterocycles. The zero-order valence-electron chi connectivity index (χ0n) is 8.57. The highest BCUT2D eigenvalue weighted by Gasteiger charge is 2.15. The first-order valence-electron chi connectivity index (χ1n) is 5.26. The molecule has 14 heavy (non-hydrogen) atoms. The van der Waals surface area contributed by atoms with E-state index in [1.54, 1.807) is 0 Å². The van der Waals surface area contributed by atoms with Crippen LogP contribution in [0.4, 0.5) is 5.69 Å². The highest BCUT2D eigenvalue weighted by molar-refractivity contribution is 5.37. The van der Waals surface area contributed by atoms with Crippen LogP contribution in [-0.4, -0.2) is 29.5 Å². The second-order valence-corrected chi connectivity index (χ2v) is 3.58. The third-order valence-electron chi connectivity index (χ3n) is 2.55. The molecule has 78 valence electrons. The summed E-state index contributed by atoms with van der Waals surface area (Å²) in [6.07, 6.45) is 6.12. The normalized spacial score (nSPS) is 18.4. The third-order valence-corrected chi connectivity index (χ3v) is 2.55. The first-order chi connectivity index (χ1) is 6.90. The third kappa shape index (κ3) is 2.07. The van der Waals surface area contributed by atoms with E-state index in [0.717, 1.165) is 38.3 Å². The van der Waals surface area contributed by atoms with Gasteiger partial charge in [-0.25, -0.2) is 0 Å². The summed E-state index contributed by atoms with van der Waals surface area (Å²) in [7, 11) is 0. The fourth-order valence-electron chi connectivity index (χ4n) is 1.78. The lowest BCUT2D eigenvalue weighted by atomic mass is 10.1. The SMILES string of the molecule is CCNc1cnn(C2CCOCC2)c1. The molecular formula is C10H17N3O. The lowest BCUT2D eigenvalue weighted by molar-refractivity contribution is 0.0662. The molecule has 0 saturated carbocycles. The number of ether oxygens (including phenoxy) is 1. The lowest BCUT2D eigenvalue weighted by Crippen LogP contribution is -2.19. The number of nitrogens with zero attached hydrogens (tertiary/aromatic N) is 2. The molecule has 4 heteroatoms. The van der Waals surface area contributed by atoms with Crippen molar-refractivity contribution < 1.29 is 4.74 Å². The van der Waals surface area contributed by atoms with Gasteiger partial charge in [-0.15, -0.1) is 0 Å². The van der Waals surface area contributed by atoms with E-state index in [2.05, 4.69) is 28.2 Å². The monoisotopic (exact) mass is 195 g/mol. The van der Waals surface area contributed by atoms with Crippen LogP contribution in [0, 0.1) is 0 Å². The van der Waals surface area contributed by atoms with Crippen molar-refractivity contribution >= 4 is 5.69 Å². The van der Waals surface area contributed by atoms with Crippen LogP contribution < -0.4 is 5.32 Å². The summed E-state index contributed by atoms with van der Waals surface area (Å²) in [5.74, 6) is 0. The molecule has 1 aliphatic heterocycles. The maximum absolute atomic E-state index is 5.32. The van der Waals surface area contributed by atoms with Gasteiger partial charge in [0.05, 0.1) is 17.9 Å². The number of aromatic nitrogens is 2. The number of anilines is 1. The van der Waals surface area contributed by atoms with Crippen LogP contribution in [-0.2, 0) is 4.74 Å². The summed E-state index contributed by atoms with van der Waals surface area (Å²) in [4.78, 5) is 0. The minimum Gasteiger partial charge on any atom is -0.383 e. The molecule has 0 spiro atoms. The average Bonchev–Trinajstić information content (AvgIpc) is 2.68. The van der Waals surface area contributed by atoms with E-state index in [1.165, 1.54) is 0 Å². The van der Waals surface area contributed by atoms with Crippen LogP contribution >= 0.6 is 0 Å². The molecule has 0 unspecified atom stereocenters. The molecule has 0 amide bonds. The highest BCUT2D eigenvalue weighted by Crippen LogP contribution is 2.21. The van der Waals surface area contributed by atoms with Gasteiger partial charge in [0.25, 0.3) is 0 Å². The minimum absolute atomic E-state index is 0.524. The minimum atomic E-state index is 0.524. The van der Waals surface area contributed by atoms with Crippen LogP contribution in [0.25, 0.3) is 0 Å². The van der Waals surface area contributed by atoms with Crippen molar-refractivity contribution in [3.8, 4) is 0 Å². The molecule has 0 aliphatic carbocycles. The van der Waals surface area contributed by atoms with Gasteiger partial charge in [-0.1, -0.05) is 0 Å². The molecule has 1 aliphatic rings. The molecular weight excluding hydrogens is 178 g/mol. The van der Waals surface area contributed by atoms with Crippen molar-refractivity contribution in [1.29, 1.82) is 0 Å². The Balaban J connectivity index is 2.00. The maximum Gasteiger partial charge on any atom is 0.0726 e. The molecule has 0 atom stereocenters. The topological polar surface area (TPSA) is 39.1 Å². The van der Waals surface area contributed by atoms with E-state index in [0.29, 0.717) is 6.04 Å². The zero-order valence-corrected chi connectivity index (χ0v) is 8.57. The Hall–Kier alpha value is -1.03. The van der Waals surface area contributed by atoms with Crippen molar-refractivity contribution in [2.24, 2.45) is 0 Å². The van der Waals surface area contributed by atoms with Crippen LogP contribution in [0.3, 0.4) is 0 Å². The molecule has 2 rings (SSSR count). The fraction of sp³-hybridized carbons (Fsp3) is 0.700. The lowest BCUT2D eigenvalue weighted by Gasteiger charge is -2.22. The number of nitrogens with one attached hydrogen (secondary N) is 1. The van der Waals surface area contributed by atoms with Gasteiger partial charge in [0, 0.05) is 26.0 Å². The van der Waals surface area contributed by atoms with E-state index in [9.17, 15) is 0 Å². The van der Waals surface area contributed by atoms with Gasteiger partial charge in [0.1, 0.15) is 0 Å². The molecule has 1 N–H and O–H groups in total. The van der Waals surface area contributed by atoms with E-state index >= 15 is 0 Å². The summed E-state index contributed by atoms with van der Waals surface area (Å²) in [5, 5.41) is 7.61. The summed E-state index contributed by atoms with van der Waals surface area (Å²) in [6, 6.07) is 0.524. The molecule has 1 saturated heterocycles. The average molecular weight is 195 g/mol. The summed E-state index contributed by atoms with van der Waals surface area (Å²) >= 11 is 0. The Labute approximate surface area is 84.3 Å². The predicted molar refractivity (Wildman–Crippen MR) is 55.5 cm³/mol. The molecule has 0 aromatic carbocycles. The van der Waals surface area contributed by atoms with Gasteiger partial charge >= 0.3 is 0 Å². The predicted octanol–water partition coefficient (Wildman–Crippen LogP) is 1.67. The van der Waals surface area contributed by atoms with Crippen LogP contribution in [0.15, 0.2) is 12.4 Å². The number of hydrogen-bond donors (Lipinski definition) is 1. The maximum atomic E-state index is 5.32. The Morgan fingerprint density at radius 1 is 1.57 bits per heavy atom. The first-order valence-corrected chi connectivity index (χ1v) is 5.26. The number of hydrogen-bond acceptors (Lipinski definition) is 3. The Bertz CT molecular complexity index is 279. The van der Waals surface area contributed by atoms with Gasteiger partial charge in [-0.3, -0.25) is 4.68 Å². The molecule has 0 radical (unpaired) electrons. The van der Waals surface area contributed by atoms with Crippen molar-refractivity contribution in [1.82, 2.24) is 9.78 Å². The van der Waals surface area contributed by atoms with Gasteiger partial charge < -0.3 is 10.1 Å². The largest absolute Gasteiger partial charge is 0.383 e. The van der Waals surface area contributed by atoms with Gasteiger partial charge in [-0.2, -0.15) is 5.10 Å². The molecule has 1 fully saturated rings. The summed E-state index contributed by atoms with van der Waals surface area (Å²) in [5.41, 5.74) is 1.11. The quantitative estimate of drug-likeness (QED) is 0.797. The molecule has 0 bridgehead atoms. The van der Waals surface area contributed by atoms with E-state index in [-0.39, 0.29) is 0 Å². The van der Waals surface area contributed by atoms with Gasteiger partial charge in [-0.05, 0) is 19.8 Å². The van der Waals surface area contributed by atoms with E-state index in [1.807, 2.05) is 6.20 Å². The first kappa shape index (κ1) is 9.52. The standard InChI is InChI=1S/C10H17N3O/c1-2-11-9-7-12-13(8-9)10-3-5-14-6-4-10/h7-8,10-11H,2-6H2,1H3. The van der Waals surface area contributed by atoms with Crippen molar-refractivity contribution in [3.63, 3.8) is 0 Å². The molecule has 4 nitrogen and oxygen atoms in total. The van der Waals surface area contributed by atoms with Gasteiger partial charge in [0.2, 0.25) is 0 Å². The fourth-order valence-corrected chi connectivity index (χ4v) is 1.78. The van der Waals surface area contributed by atoms with Crippen molar-refractivity contribution in [3.05, 3.63) is 12.4 Å². The van der Waals surface area contributed by atoms with Gasteiger partial charge in [0.15, 0.2) is 0 Å². The number of rotatable bonds is 3. The second-order valence-electron chi connectivity index (χ2n) is 3.58. The zero-order chi connectivity index (χ0) is 9.80. The van der Waals surface area contributed by atoms with Crippen LogP contribution in [0.2, 0.25) is 0 Å². The smallest absolute Gasteiger partial charge is 0.0726 e. The van der Waals surface area contributed by atoms with E-state index < -0.39 is 0 Å². The molecule has 1 aromatic rings. The Kier molecular flexibility index (Phi) is 3.03. The Morgan fingerprint density at radius 3 is 3.07 bits per heavy atom. The molecule has 1 aromatic heterocycles. The Morgan fingerprint density at radius 2 is 2.36 bits per heavy atom. The summed E-state index contributed by atoms with van der Waals surface area (Å²) in [6.45, 7) is 4.76. The van der Waals surface area contributed by atoms with Crippen LogP contribution in [0.1, 0.15) is 25.8 Å². The second kappa shape index (κ2) is 4.46. The summed E-state index contributed by atoms with van der Waals surface area (Å²) < 4.78 is 7.37. The highest BCUT2D eigenvalue weighted by atomic mass is 16.5. The van der Waals surface area contributed by atoms with E-state index in [4.69, 9.17) is 4.74 Å². The van der Waals surface area contributed by atoms with Crippen molar-refractivity contribution in [2.75, 3.05) is 25.1 Å². The van der Waals surface area contributed by atoms with Crippen molar-refractivity contribution in [2.45, 2.75) is 25.8 Å². The van der Waals surface area contributed by atoms with Crippen LogP contribution in [0.5, 0.6) is 0 Å².